The van der Waals surface area contributed by atoms with Gasteiger partial charge in [-0.2, -0.15) is 0 Å². The zero-order valence-electron chi connectivity index (χ0n) is 64.2. The lowest BCUT2D eigenvalue weighted by molar-refractivity contribution is 0.0303. The van der Waals surface area contributed by atoms with Crippen molar-refractivity contribution in [2.24, 2.45) is 17.4 Å². The molecule has 3 saturated heterocycles. The molecule has 3 aliphatic rings. The van der Waals surface area contributed by atoms with Crippen LogP contribution >= 0.6 is 46.4 Å². The molecule has 0 spiro atoms. The van der Waals surface area contributed by atoms with Crippen LogP contribution in [-0.2, 0) is 4.74 Å². The number of imidazole rings is 5. The number of benzene rings is 9. The molecule has 22 nitrogen and oxygen atoms in total. The summed E-state index contributed by atoms with van der Waals surface area (Å²) in [6.45, 7) is 17.4. The first-order valence-corrected chi connectivity index (χ1v) is 39.1. The number of hydrogen-bond acceptors (Lipinski definition) is 14. The van der Waals surface area contributed by atoms with Crippen molar-refractivity contribution in [1.29, 1.82) is 0 Å². The van der Waals surface area contributed by atoms with E-state index in [9.17, 15) is 14.4 Å². The number of piperidine rings is 1. The molecule has 0 aliphatic carbocycles. The predicted octanol–water partition coefficient (Wildman–Crippen LogP) is 17.4. The van der Waals surface area contributed by atoms with Crippen LogP contribution in [-0.4, -0.2) is 170 Å². The van der Waals surface area contributed by atoms with Gasteiger partial charge in [0.25, 0.3) is 17.7 Å². The Kier molecular flexibility index (Phi) is 24.5. The van der Waals surface area contributed by atoms with Crippen molar-refractivity contribution < 1.29 is 23.9 Å². The van der Waals surface area contributed by atoms with Crippen molar-refractivity contribution in [3.8, 4) is 34.2 Å². The summed E-state index contributed by atoms with van der Waals surface area (Å²) in [6, 6.07) is 63.5. The van der Waals surface area contributed by atoms with Crippen molar-refractivity contribution in [1.82, 2.24) is 72.3 Å². The Bertz CT molecular complexity index is 5960. The molecule has 1 unspecified atom stereocenters. The van der Waals surface area contributed by atoms with Crippen LogP contribution < -0.4 is 16.2 Å². The van der Waals surface area contributed by atoms with Crippen molar-refractivity contribution in [3.63, 3.8) is 0 Å². The quantitative estimate of drug-likeness (QED) is 0.116. The normalized spacial score (nSPS) is 14.1. The Hall–Kier alpha value is -12.2. The number of ether oxygens (including phenoxy) is 2. The second-order valence-corrected chi connectivity index (χ2v) is 30.2. The number of aryl methyl sites for hydroxylation is 1. The summed E-state index contributed by atoms with van der Waals surface area (Å²) in [7, 11) is 5.62. The van der Waals surface area contributed by atoms with E-state index in [1.54, 1.807) is 37.2 Å². The van der Waals surface area contributed by atoms with Crippen LogP contribution in [0.2, 0.25) is 20.1 Å². The van der Waals surface area contributed by atoms with Gasteiger partial charge in [-0.3, -0.25) is 37.2 Å². The number of methoxy groups -OCH3 is 1. The summed E-state index contributed by atoms with van der Waals surface area (Å²) < 4.78 is 20.5. The van der Waals surface area contributed by atoms with Crippen LogP contribution in [0.15, 0.2) is 245 Å². The fraction of sp³-hybridized carbons (Fsp3) is 0.202. The summed E-state index contributed by atoms with van der Waals surface area (Å²) in [5.41, 5.74) is 30.6. The first kappa shape index (κ1) is 79.5. The van der Waals surface area contributed by atoms with Gasteiger partial charge in [-0.15, -0.1) is 0 Å². The van der Waals surface area contributed by atoms with Crippen LogP contribution in [0.25, 0.3) is 95.1 Å². The number of fused-ring (bicyclic) bond motifs is 5. The van der Waals surface area contributed by atoms with Crippen molar-refractivity contribution in [2.75, 3.05) is 73.7 Å². The van der Waals surface area contributed by atoms with E-state index in [1.165, 1.54) is 0 Å². The van der Waals surface area contributed by atoms with E-state index in [2.05, 4.69) is 68.2 Å². The molecule has 9 aromatic carbocycles. The number of rotatable bonds is 12. The van der Waals surface area contributed by atoms with Gasteiger partial charge in [0.1, 0.15) is 42.4 Å². The maximum Gasteiger partial charge on any atom is 0.255 e. The molecule has 4 N–H and O–H groups in total. The van der Waals surface area contributed by atoms with Crippen LogP contribution in [0.3, 0.4) is 0 Å². The monoisotopic (exact) mass is 1610 g/mol. The number of aromatic nitrogens is 11. The molecule has 3 amide bonds. The molecule has 584 valence electrons. The molecule has 0 saturated carbocycles. The van der Waals surface area contributed by atoms with Gasteiger partial charge in [0.15, 0.2) is 5.65 Å². The zero-order valence-corrected chi connectivity index (χ0v) is 67.2. The van der Waals surface area contributed by atoms with E-state index in [0.717, 1.165) is 151 Å². The number of carbonyl (C=O) groups is 3. The van der Waals surface area contributed by atoms with Crippen LogP contribution in [0.4, 0.5) is 0 Å². The topological polar surface area (TPSA) is 237 Å². The van der Waals surface area contributed by atoms with Gasteiger partial charge in [-0.1, -0.05) is 103 Å². The summed E-state index contributed by atoms with van der Waals surface area (Å²) in [5, 5.41) is 2.76. The highest BCUT2D eigenvalue weighted by Gasteiger charge is 2.27. The molecule has 26 heteroatoms. The smallest absolute Gasteiger partial charge is 0.255 e. The summed E-state index contributed by atoms with van der Waals surface area (Å²) in [5.74, 6) is 2.42. The lowest BCUT2D eigenvalue weighted by Crippen LogP contribution is -2.40. The largest absolute Gasteiger partial charge is 0.497 e. The molecule has 1 atom stereocenters. The number of hydrogen-bond donors (Lipinski definition) is 2. The third kappa shape index (κ3) is 18.3. The van der Waals surface area contributed by atoms with E-state index in [4.69, 9.17) is 67.3 Å². The summed E-state index contributed by atoms with van der Waals surface area (Å²) in [6.07, 6.45) is 11.7. The van der Waals surface area contributed by atoms with Crippen molar-refractivity contribution in [3.05, 3.63) is 299 Å². The van der Waals surface area contributed by atoms with Crippen LogP contribution in [0.5, 0.6) is 5.75 Å². The highest BCUT2D eigenvalue weighted by Crippen LogP contribution is 2.31. The van der Waals surface area contributed by atoms with E-state index in [0.29, 0.717) is 81.2 Å². The molecule has 0 bridgehead atoms. The summed E-state index contributed by atoms with van der Waals surface area (Å²) in [4.78, 5) is 72.5. The molecule has 18 rings (SSSR count). The number of morpholine rings is 1. The van der Waals surface area contributed by atoms with Crippen LogP contribution in [0, 0.1) is 12.8 Å². The minimum Gasteiger partial charge on any atom is -0.497 e. The lowest BCUT2D eigenvalue weighted by Gasteiger charge is -2.30. The average Bonchev–Trinajstić information content (AvgIpc) is 1.64. The lowest BCUT2D eigenvalue weighted by atomic mass is 9.99. The standard InChI is InChI=1S/C21H24N4O2.C18H17ClN4O.C18H16ClN3O2.C17H16ClN3.C15H12ClN3/c1-14-8-10-24(11-9-14)21(26)16-12-19-20(22-13-16)25(15(2)23-19)17-4-6-18(27-3)7-5-17;19-13-2-1-3-15(9-13)23-11-21-16-8-12(4-5-17(16)23)18(24)22-7-6-14(20)10-22;19-14-2-1-3-15(11-14)22-12-20-16-10-13(4-5-17(16)22)18(23)21-6-8-24-9-7-21;1-12(20(2)3)13-7-8-17-16(9-13)19-11-21(17)15-6-4-5-14(18)10-15;1-10(17)11-5-6-15-14(7-11)18-9-19(15)13-4-2-3-12(16)8-13/h4-7,12-14H,8-11H2,1-3H3;1-5,8-9,11,14H,6-7,10,20H2;1-5,10-12H,6-9H2;4-11H,1H2,2-3H3;2-9H,1,17H2. The second-order valence-electron chi connectivity index (χ2n) is 28.5. The highest BCUT2D eigenvalue weighted by molar-refractivity contribution is 6.31. The molecule has 3 aliphatic heterocycles. The third-order valence-corrected chi connectivity index (χ3v) is 21.3. The first-order chi connectivity index (χ1) is 55.6. The van der Waals surface area contributed by atoms with Crippen molar-refractivity contribution >= 4 is 131 Å². The maximum absolute atomic E-state index is 12.8. The third-order valence-electron chi connectivity index (χ3n) is 20.4. The van der Waals surface area contributed by atoms with Crippen molar-refractivity contribution in [2.45, 2.75) is 39.2 Å². The molecular formula is C89H85Cl4N17O5. The fourth-order valence-electron chi connectivity index (χ4n) is 14.0. The minimum atomic E-state index is 0.0159. The fourth-order valence-corrected chi connectivity index (χ4v) is 14.8. The summed E-state index contributed by atoms with van der Waals surface area (Å²) >= 11 is 24.2. The van der Waals surface area contributed by atoms with E-state index in [1.807, 2.05) is 247 Å². The first-order valence-electron chi connectivity index (χ1n) is 37.6. The Morgan fingerprint density at radius 2 is 0.861 bits per heavy atom. The predicted molar refractivity (Wildman–Crippen MR) is 460 cm³/mol. The second kappa shape index (κ2) is 35.5. The van der Waals surface area contributed by atoms with Gasteiger partial charge in [-0.25, -0.2) is 29.9 Å². The van der Waals surface area contributed by atoms with Gasteiger partial charge in [0.05, 0.1) is 70.0 Å². The number of amides is 3. The SMILES string of the molecule is C=C(N)c1ccc2c(c1)ncn2-c1cccc(Cl)c1.C=C(c1ccc2c(c1)ncn2-c1cccc(Cl)c1)N(C)C.COc1ccc(-n2c(C)nc3cc(C(=O)N4CCC(C)CC4)cnc32)cc1.NC1CCN(C(=O)c2ccc3c(c2)ncn3-c2cccc(Cl)c2)C1.O=C(c1ccc2c(c1)ncn2-c1cccc(Cl)c1)N1CCOCC1. The zero-order chi connectivity index (χ0) is 80.6. The number of pyridine rings is 1. The van der Waals surface area contributed by atoms with Gasteiger partial charge < -0.3 is 40.5 Å². The highest BCUT2D eigenvalue weighted by atomic mass is 35.5. The Labute approximate surface area is 685 Å². The van der Waals surface area contributed by atoms with Gasteiger partial charge >= 0.3 is 0 Å². The average molecular weight is 1610 g/mol. The van der Waals surface area contributed by atoms with E-state index >= 15 is 0 Å². The van der Waals surface area contributed by atoms with Gasteiger partial charge in [0.2, 0.25) is 0 Å². The van der Waals surface area contributed by atoms with E-state index in [-0.39, 0.29) is 23.8 Å². The Balaban J connectivity index is 0.000000119. The van der Waals surface area contributed by atoms with E-state index < -0.39 is 0 Å². The Morgan fingerprint density at radius 1 is 0.470 bits per heavy atom. The molecule has 6 aromatic heterocycles. The number of likely N-dealkylation sites (tertiary alicyclic amines) is 2. The Morgan fingerprint density at radius 3 is 1.28 bits per heavy atom. The van der Waals surface area contributed by atoms with Gasteiger partial charge in [0, 0.05) is 137 Å². The number of halogens is 4. The number of nitrogens with two attached hydrogens (primary N) is 2. The maximum atomic E-state index is 12.8. The molecule has 3 fully saturated rings. The molecule has 0 radical (unpaired) electrons. The van der Waals surface area contributed by atoms with Crippen LogP contribution in [0.1, 0.15) is 74.2 Å². The molecule has 115 heavy (non-hydrogen) atoms. The number of carbonyl (C=O) groups excluding carboxylic acids is 3. The molecular weight excluding hydrogens is 1530 g/mol. The number of nitrogens with zero attached hydrogens (tertiary/aromatic N) is 15. The van der Waals surface area contributed by atoms with Gasteiger partial charge in [-0.05, 0) is 207 Å². The molecule has 9 heterocycles. The molecule has 15 aromatic rings. The minimum absolute atomic E-state index is 0.0159.